The summed E-state index contributed by atoms with van der Waals surface area (Å²) in [6.07, 6.45) is 1.24. The third-order valence-electron chi connectivity index (χ3n) is 3.61. The van der Waals surface area contributed by atoms with E-state index in [1.165, 1.54) is 6.07 Å². The van der Waals surface area contributed by atoms with Gasteiger partial charge in [0.1, 0.15) is 11.6 Å². The Morgan fingerprint density at radius 1 is 1.31 bits per heavy atom. The highest BCUT2D eigenvalue weighted by atomic mass is 19.1. The van der Waals surface area contributed by atoms with Gasteiger partial charge in [0.25, 0.3) is 0 Å². The molecule has 0 spiro atoms. The molecule has 3 N–H and O–H groups in total. The van der Waals surface area contributed by atoms with Crippen LogP contribution >= 0.6 is 0 Å². The Morgan fingerprint density at radius 2 is 1.88 bits per heavy atom. The molecule has 0 saturated heterocycles. The summed E-state index contributed by atoms with van der Waals surface area (Å²) in [4.78, 5) is 0. The summed E-state index contributed by atoms with van der Waals surface area (Å²) in [7, 11) is 0. The minimum absolute atomic E-state index is 0.243. The molecular weight excluding hydrogens is 212 g/mol. The second-order valence-corrected chi connectivity index (χ2v) is 4.46. The van der Waals surface area contributed by atoms with E-state index in [2.05, 4.69) is 0 Å². The fraction of sp³-hybridized carbons (Fsp3) is 0.500. The van der Waals surface area contributed by atoms with Gasteiger partial charge < -0.3 is 10.8 Å². The first-order valence-corrected chi connectivity index (χ1v) is 5.43. The lowest BCUT2D eigenvalue weighted by Gasteiger charge is -2.44. The molecule has 88 valence electrons. The number of halogens is 2. The molecule has 0 bridgehead atoms. The van der Waals surface area contributed by atoms with Gasteiger partial charge in [-0.2, -0.15) is 0 Å². The van der Waals surface area contributed by atoms with Gasteiger partial charge in [-0.1, -0.05) is 12.5 Å². The first-order chi connectivity index (χ1) is 7.60. The molecular formula is C12H15F2NO. The topological polar surface area (TPSA) is 46.2 Å². The molecule has 1 aliphatic carbocycles. The van der Waals surface area contributed by atoms with Crippen LogP contribution in [-0.4, -0.2) is 11.7 Å². The van der Waals surface area contributed by atoms with E-state index in [9.17, 15) is 13.9 Å². The molecule has 1 aromatic carbocycles. The van der Waals surface area contributed by atoms with Crippen molar-refractivity contribution in [1.29, 1.82) is 0 Å². The van der Waals surface area contributed by atoms with Crippen LogP contribution in [0, 0.1) is 17.0 Å². The van der Waals surface area contributed by atoms with Crippen LogP contribution in [0.1, 0.15) is 30.9 Å². The molecule has 16 heavy (non-hydrogen) atoms. The summed E-state index contributed by atoms with van der Waals surface area (Å²) in [5.41, 5.74) is 4.82. The standard InChI is InChI=1S/C12H15F2NO/c13-8-3-1-4-9(14)10(8)11(16)12(7-15)5-2-6-12/h1,3-4,11,16H,2,5-7,15H2. The van der Waals surface area contributed by atoms with Crippen molar-refractivity contribution >= 4 is 0 Å². The minimum Gasteiger partial charge on any atom is -0.388 e. The zero-order valence-electron chi connectivity index (χ0n) is 8.92. The zero-order valence-corrected chi connectivity index (χ0v) is 8.92. The largest absolute Gasteiger partial charge is 0.388 e. The SMILES string of the molecule is NCC1(C(O)c2c(F)cccc2F)CCC1. The van der Waals surface area contributed by atoms with Gasteiger partial charge in [-0.25, -0.2) is 8.78 Å². The van der Waals surface area contributed by atoms with E-state index in [1.807, 2.05) is 0 Å². The van der Waals surface area contributed by atoms with Crippen molar-refractivity contribution in [2.24, 2.45) is 11.1 Å². The fourth-order valence-electron chi connectivity index (χ4n) is 2.30. The number of aliphatic hydroxyl groups excluding tert-OH is 1. The number of nitrogens with two attached hydrogens (primary N) is 1. The Hall–Kier alpha value is -1.00. The van der Waals surface area contributed by atoms with Crippen molar-refractivity contribution in [3.8, 4) is 0 Å². The fourth-order valence-corrected chi connectivity index (χ4v) is 2.30. The van der Waals surface area contributed by atoms with Crippen LogP contribution in [0.2, 0.25) is 0 Å². The summed E-state index contributed by atoms with van der Waals surface area (Å²) in [5.74, 6) is -1.40. The highest BCUT2D eigenvalue weighted by Gasteiger charge is 2.44. The van der Waals surface area contributed by atoms with Crippen LogP contribution in [0.5, 0.6) is 0 Å². The lowest BCUT2D eigenvalue weighted by Crippen LogP contribution is -2.43. The van der Waals surface area contributed by atoms with Crippen molar-refractivity contribution in [1.82, 2.24) is 0 Å². The van der Waals surface area contributed by atoms with Gasteiger partial charge in [-0.05, 0) is 25.0 Å². The molecule has 1 aromatic rings. The average Bonchev–Trinajstić information content (AvgIpc) is 2.16. The smallest absolute Gasteiger partial charge is 0.131 e. The number of rotatable bonds is 3. The van der Waals surface area contributed by atoms with E-state index in [0.29, 0.717) is 0 Å². The summed E-state index contributed by atoms with van der Waals surface area (Å²) < 4.78 is 27.0. The second kappa shape index (κ2) is 4.11. The predicted octanol–water partition coefficient (Wildman–Crippen LogP) is 2.13. The maximum absolute atomic E-state index is 13.5. The molecule has 2 nitrogen and oxygen atoms in total. The summed E-state index contributed by atoms with van der Waals surface area (Å²) in [6, 6.07) is 3.60. The Labute approximate surface area is 93.1 Å². The van der Waals surface area contributed by atoms with Crippen LogP contribution < -0.4 is 5.73 Å². The zero-order chi connectivity index (χ0) is 11.8. The molecule has 0 amide bonds. The monoisotopic (exact) mass is 227 g/mol. The molecule has 1 atom stereocenters. The van der Waals surface area contributed by atoms with Crippen molar-refractivity contribution in [3.05, 3.63) is 35.4 Å². The van der Waals surface area contributed by atoms with Crippen molar-refractivity contribution in [2.45, 2.75) is 25.4 Å². The molecule has 1 saturated carbocycles. The third-order valence-corrected chi connectivity index (χ3v) is 3.61. The Kier molecular flexibility index (Phi) is 2.95. The van der Waals surface area contributed by atoms with E-state index in [1.54, 1.807) is 0 Å². The van der Waals surface area contributed by atoms with Crippen LogP contribution in [0.25, 0.3) is 0 Å². The number of hydrogen-bond donors (Lipinski definition) is 2. The molecule has 1 aliphatic rings. The second-order valence-electron chi connectivity index (χ2n) is 4.46. The molecule has 0 aliphatic heterocycles. The maximum Gasteiger partial charge on any atom is 0.131 e. The first kappa shape index (κ1) is 11.5. The van der Waals surface area contributed by atoms with Crippen LogP contribution in [-0.2, 0) is 0 Å². The first-order valence-electron chi connectivity index (χ1n) is 5.43. The molecule has 0 aromatic heterocycles. The Balaban J connectivity index is 2.36. The van der Waals surface area contributed by atoms with Gasteiger partial charge in [0, 0.05) is 12.0 Å². The molecule has 4 heteroatoms. The van der Waals surface area contributed by atoms with Crippen molar-refractivity contribution < 1.29 is 13.9 Å². The van der Waals surface area contributed by atoms with Crippen LogP contribution in [0.3, 0.4) is 0 Å². The minimum atomic E-state index is -1.15. The molecule has 0 heterocycles. The van der Waals surface area contributed by atoms with Gasteiger partial charge in [-0.15, -0.1) is 0 Å². The summed E-state index contributed by atoms with van der Waals surface area (Å²) in [5, 5.41) is 10.1. The highest BCUT2D eigenvalue weighted by molar-refractivity contribution is 5.25. The van der Waals surface area contributed by atoms with Gasteiger partial charge in [0.15, 0.2) is 0 Å². The van der Waals surface area contributed by atoms with Gasteiger partial charge in [0.05, 0.1) is 11.7 Å². The Bertz CT molecular complexity index is 365. The number of benzene rings is 1. The molecule has 2 rings (SSSR count). The van der Waals surface area contributed by atoms with Gasteiger partial charge in [0.2, 0.25) is 0 Å². The van der Waals surface area contributed by atoms with Gasteiger partial charge >= 0.3 is 0 Å². The number of hydrogen-bond acceptors (Lipinski definition) is 2. The van der Waals surface area contributed by atoms with Crippen LogP contribution in [0.4, 0.5) is 8.78 Å². The van der Waals surface area contributed by atoms with E-state index in [4.69, 9.17) is 5.73 Å². The van der Waals surface area contributed by atoms with Crippen LogP contribution in [0.15, 0.2) is 18.2 Å². The lowest BCUT2D eigenvalue weighted by molar-refractivity contribution is -0.0336. The van der Waals surface area contributed by atoms with Gasteiger partial charge in [-0.3, -0.25) is 0 Å². The van der Waals surface area contributed by atoms with Crippen molar-refractivity contribution in [3.63, 3.8) is 0 Å². The lowest BCUT2D eigenvalue weighted by atomic mass is 9.63. The highest BCUT2D eigenvalue weighted by Crippen LogP contribution is 2.50. The van der Waals surface area contributed by atoms with E-state index in [-0.39, 0.29) is 12.1 Å². The third kappa shape index (κ3) is 1.62. The maximum atomic E-state index is 13.5. The number of aliphatic hydroxyl groups is 1. The normalized spacial score (nSPS) is 20.2. The molecule has 1 unspecified atom stereocenters. The predicted molar refractivity (Wildman–Crippen MR) is 56.7 cm³/mol. The molecule has 1 fully saturated rings. The van der Waals surface area contributed by atoms with Crippen molar-refractivity contribution in [2.75, 3.05) is 6.54 Å². The average molecular weight is 227 g/mol. The summed E-state index contributed by atoms with van der Waals surface area (Å²) in [6.45, 7) is 0.252. The van der Waals surface area contributed by atoms with E-state index in [0.717, 1.165) is 31.4 Å². The van der Waals surface area contributed by atoms with E-state index >= 15 is 0 Å². The summed E-state index contributed by atoms with van der Waals surface area (Å²) >= 11 is 0. The quantitative estimate of drug-likeness (QED) is 0.830. The Morgan fingerprint density at radius 3 is 2.25 bits per heavy atom. The van der Waals surface area contributed by atoms with E-state index < -0.39 is 23.2 Å². The molecule has 0 radical (unpaired) electrons.